The minimum Gasteiger partial charge on any atom is -0.388 e. The third kappa shape index (κ3) is 2.56. The number of halogens is 1. The first-order chi connectivity index (χ1) is 9.54. The molecule has 0 aliphatic heterocycles. The molecule has 108 valence electrons. The lowest BCUT2D eigenvalue weighted by Crippen LogP contribution is -2.19. The van der Waals surface area contributed by atoms with Crippen LogP contribution < -0.4 is 5.69 Å². The standard InChI is InChI=1S/C15H19BrN2O2/c1-8-2-4-9(5-3-8)14(19)10-6-12-13(7-11(10)16)18-15(20)17-12/h6-9,14,19H,2-5H2,1H3,(H2,17,18,20). The van der Waals surface area contributed by atoms with Crippen molar-refractivity contribution in [2.75, 3.05) is 0 Å². The maximum Gasteiger partial charge on any atom is 0.323 e. The highest BCUT2D eigenvalue weighted by molar-refractivity contribution is 9.10. The summed E-state index contributed by atoms with van der Waals surface area (Å²) in [6.07, 6.45) is 4.03. The summed E-state index contributed by atoms with van der Waals surface area (Å²) in [5, 5.41) is 10.6. The molecule has 20 heavy (non-hydrogen) atoms. The quantitative estimate of drug-likeness (QED) is 0.784. The van der Waals surface area contributed by atoms with Gasteiger partial charge in [-0.3, -0.25) is 0 Å². The maximum absolute atomic E-state index is 11.3. The van der Waals surface area contributed by atoms with Crippen LogP contribution in [0.1, 0.15) is 44.3 Å². The van der Waals surface area contributed by atoms with Gasteiger partial charge in [-0.2, -0.15) is 0 Å². The van der Waals surface area contributed by atoms with Gasteiger partial charge in [-0.05, 0) is 42.4 Å². The summed E-state index contributed by atoms with van der Waals surface area (Å²) in [5.74, 6) is 1.08. The van der Waals surface area contributed by atoms with Gasteiger partial charge < -0.3 is 15.1 Å². The fourth-order valence-corrected chi connectivity index (χ4v) is 3.73. The molecule has 1 heterocycles. The zero-order chi connectivity index (χ0) is 14.3. The average molecular weight is 339 g/mol. The Hall–Kier alpha value is -1.07. The topological polar surface area (TPSA) is 68.9 Å². The van der Waals surface area contributed by atoms with Gasteiger partial charge in [0.05, 0.1) is 17.1 Å². The van der Waals surface area contributed by atoms with Crippen LogP contribution in [-0.4, -0.2) is 15.1 Å². The minimum atomic E-state index is -0.473. The van der Waals surface area contributed by atoms with E-state index in [0.717, 1.165) is 39.8 Å². The lowest BCUT2D eigenvalue weighted by molar-refractivity contribution is 0.0751. The highest BCUT2D eigenvalue weighted by Gasteiger charge is 2.27. The Labute approximate surface area is 125 Å². The molecule has 1 fully saturated rings. The fourth-order valence-electron chi connectivity index (χ4n) is 3.15. The molecule has 1 atom stereocenters. The van der Waals surface area contributed by atoms with E-state index in [1.165, 1.54) is 12.8 Å². The van der Waals surface area contributed by atoms with Crippen molar-refractivity contribution >= 4 is 27.0 Å². The first-order valence-corrected chi connectivity index (χ1v) is 7.93. The van der Waals surface area contributed by atoms with Gasteiger partial charge in [0, 0.05) is 4.47 Å². The van der Waals surface area contributed by atoms with Crippen LogP contribution in [0.2, 0.25) is 0 Å². The minimum absolute atomic E-state index is 0.218. The second kappa shape index (κ2) is 5.37. The third-order valence-corrected chi connectivity index (χ3v) is 5.15. The van der Waals surface area contributed by atoms with Crippen LogP contribution in [0.4, 0.5) is 0 Å². The summed E-state index contributed by atoms with van der Waals surface area (Å²) in [6, 6.07) is 3.73. The van der Waals surface area contributed by atoms with Crippen molar-refractivity contribution in [3.8, 4) is 0 Å². The van der Waals surface area contributed by atoms with Crippen LogP contribution in [0.25, 0.3) is 11.0 Å². The van der Waals surface area contributed by atoms with Gasteiger partial charge in [-0.25, -0.2) is 4.79 Å². The average Bonchev–Trinajstić information content (AvgIpc) is 2.77. The number of imidazole rings is 1. The van der Waals surface area contributed by atoms with Gasteiger partial charge in [0.2, 0.25) is 0 Å². The second-order valence-corrected chi connectivity index (χ2v) is 6.82. The molecule has 3 N–H and O–H groups in total. The van der Waals surface area contributed by atoms with Gasteiger partial charge in [-0.15, -0.1) is 0 Å². The molecule has 1 aromatic heterocycles. The van der Waals surface area contributed by atoms with E-state index in [1.54, 1.807) is 0 Å². The molecule has 1 unspecified atom stereocenters. The molecule has 0 bridgehead atoms. The van der Waals surface area contributed by atoms with E-state index in [-0.39, 0.29) is 5.69 Å². The molecule has 3 rings (SSSR count). The second-order valence-electron chi connectivity index (χ2n) is 5.96. The number of hydrogen-bond donors (Lipinski definition) is 3. The lowest BCUT2D eigenvalue weighted by atomic mass is 9.78. The molecule has 2 aromatic rings. The normalized spacial score (nSPS) is 24.9. The third-order valence-electron chi connectivity index (χ3n) is 4.46. The molecule has 1 aromatic carbocycles. The van der Waals surface area contributed by atoms with E-state index in [9.17, 15) is 9.90 Å². The fraction of sp³-hybridized carbons (Fsp3) is 0.533. The maximum atomic E-state index is 11.3. The molecule has 4 nitrogen and oxygen atoms in total. The zero-order valence-corrected chi connectivity index (χ0v) is 13.0. The first kappa shape index (κ1) is 13.9. The number of aromatic nitrogens is 2. The zero-order valence-electron chi connectivity index (χ0n) is 11.4. The monoisotopic (exact) mass is 338 g/mol. The Balaban J connectivity index is 1.92. The number of benzene rings is 1. The molecular formula is C15H19BrN2O2. The van der Waals surface area contributed by atoms with E-state index in [2.05, 4.69) is 32.8 Å². The Morgan fingerprint density at radius 1 is 1.20 bits per heavy atom. The summed E-state index contributed by atoms with van der Waals surface area (Å²) in [5.41, 5.74) is 2.16. The van der Waals surface area contributed by atoms with Gasteiger partial charge in [0.15, 0.2) is 0 Å². The highest BCUT2D eigenvalue weighted by atomic mass is 79.9. The smallest absolute Gasteiger partial charge is 0.323 e. The number of aliphatic hydroxyl groups excluding tert-OH is 1. The number of hydrogen-bond acceptors (Lipinski definition) is 2. The van der Waals surface area contributed by atoms with Gasteiger partial charge in [0.1, 0.15) is 0 Å². The van der Waals surface area contributed by atoms with Gasteiger partial charge >= 0.3 is 5.69 Å². The molecular weight excluding hydrogens is 320 g/mol. The van der Waals surface area contributed by atoms with E-state index < -0.39 is 6.10 Å². The molecule has 5 heteroatoms. The number of aromatic amines is 2. The highest BCUT2D eigenvalue weighted by Crippen LogP contribution is 2.39. The largest absolute Gasteiger partial charge is 0.388 e. The number of aliphatic hydroxyl groups is 1. The molecule has 0 amide bonds. The van der Waals surface area contributed by atoms with E-state index in [4.69, 9.17) is 0 Å². The number of nitrogens with one attached hydrogen (secondary N) is 2. The Morgan fingerprint density at radius 3 is 2.45 bits per heavy atom. The van der Waals surface area contributed by atoms with Crippen LogP contribution in [0, 0.1) is 11.8 Å². The van der Waals surface area contributed by atoms with E-state index in [1.807, 2.05) is 12.1 Å². The summed E-state index contributed by atoms with van der Waals surface area (Å²) in [4.78, 5) is 16.8. The van der Waals surface area contributed by atoms with Crippen molar-refractivity contribution < 1.29 is 5.11 Å². The van der Waals surface area contributed by atoms with Crippen LogP contribution in [0.5, 0.6) is 0 Å². The molecule has 1 aliphatic carbocycles. The predicted octanol–water partition coefficient (Wildman–Crippen LogP) is 3.48. The van der Waals surface area contributed by atoms with Crippen LogP contribution in [-0.2, 0) is 0 Å². The van der Waals surface area contributed by atoms with E-state index >= 15 is 0 Å². The van der Waals surface area contributed by atoms with Gasteiger partial charge in [-0.1, -0.05) is 35.7 Å². The van der Waals surface area contributed by atoms with Crippen molar-refractivity contribution in [1.82, 2.24) is 9.97 Å². The summed E-state index contributed by atoms with van der Waals surface area (Å²) < 4.78 is 0.853. The number of rotatable bonds is 2. The summed E-state index contributed by atoms with van der Waals surface area (Å²) >= 11 is 3.51. The van der Waals surface area contributed by atoms with Crippen molar-refractivity contribution in [3.05, 3.63) is 32.7 Å². The van der Waals surface area contributed by atoms with E-state index in [0.29, 0.717) is 5.92 Å². The van der Waals surface area contributed by atoms with Crippen LogP contribution >= 0.6 is 15.9 Å². The SMILES string of the molecule is CC1CCC(C(O)c2cc3[nH]c(=O)[nH]c3cc2Br)CC1. The molecule has 0 saturated heterocycles. The van der Waals surface area contributed by atoms with Crippen molar-refractivity contribution in [3.63, 3.8) is 0 Å². The Kier molecular flexibility index (Phi) is 3.73. The molecule has 1 aliphatic rings. The van der Waals surface area contributed by atoms with Crippen molar-refractivity contribution in [2.24, 2.45) is 11.8 Å². The number of H-pyrrole nitrogens is 2. The van der Waals surface area contributed by atoms with Crippen LogP contribution in [0.15, 0.2) is 21.4 Å². The Morgan fingerprint density at radius 2 is 1.80 bits per heavy atom. The van der Waals surface area contributed by atoms with Gasteiger partial charge in [0.25, 0.3) is 0 Å². The molecule has 0 spiro atoms. The van der Waals surface area contributed by atoms with Crippen molar-refractivity contribution in [2.45, 2.75) is 38.7 Å². The predicted molar refractivity (Wildman–Crippen MR) is 82.7 cm³/mol. The summed E-state index contributed by atoms with van der Waals surface area (Å²) in [6.45, 7) is 2.27. The van der Waals surface area contributed by atoms with Crippen LogP contribution in [0.3, 0.4) is 0 Å². The molecule has 1 saturated carbocycles. The summed E-state index contributed by atoms with van der Waals surface area (Å²) in [7, 11) is 0. The Bertz CT molecular complexity index is 668. The molecule has 0 radical (unpaired) electrons. The number of fused-ring (bicyclic) bond motifs is 1. The lowest BCUT2D eigenvalue weighted by Gasteiger charge is -2.30. The first-order valence-electron chi connectivity index (χ1n) is 7.14. The van der Waals surface area contributed by atoms with Crippen molar-refractivity contribution in [1.29, 1.82) is 0 Å².